The van der Waals surface area contributed by atoms with E-state index in [-0.39, 0.29) is 22.9 Å². The molecular weight excluding hydrogens is 322 g/mol. The first-order valence-electron chi connectivity index (χ1n) is 9.00. The van der Waals surface area contributed by atoms with Gasteiger partial charge >= 0.3 is 6.03 Å². The first-order valence-corrected chi connectivity index (χ1v) is 9.00. The Labute approximate surface area is 147 Å². The van der Waals surface area contributed by atoms with Crippen molar-refractivity contribution in [3.8, 4) is 0 Å². The number of aryl methyl sites for hydroxylation is 1. The standard InChI is InChI=1S/C17H27N5O3/c1-21-8-7-18-14(15(21)23)20-16(24)19-13-17(5-3-2-4-6-17)22-9-11-25-12-10-22/h7-8H,2-6,9-13H2,1H3,(H2,18,19,20,24). The average molecular weight is 349 g/mol. The van der Waals surface area contributed by atoms with Crippen LogP contribution in [0.5, 0.6) is 0 Å². The second kappa shape index (κ2) is 7.97. The molecule has 2 heterocycles. The van der Waals surface area contributed by atoms with E-state index in [1.54, 1.807) is 13.2 Å². The Morgan fingerprint density at radius 1 is 1.28 bits per heavy atom. The Kier molecular flexibility index (Phi) is 5.70. The summed E-state index contributed by atoms with van der Waals surface area (Å²) in [5, 5.41) is 5.54. The first kappa shape index (κ1) is 17.9. The Balaban J connectivity index is 1.63. The number of amides is 2. The van der Waals surface area contributed by atoms with Crippen molar-refractivity contribution in [2.24, 2.45) is 7.05 Å². The number of nitrogens with zero attached hydrogens (tertiary/aromatic N) is 3. The number of carbonyl (C=O) groups is 1. The molecule has 1 saturated heterocycles. The van der Waals surface area contributed by atoms with Crippen molar-refractivity contribution in [3.63, 3.8) is 0 Å². The zero-order valence-corrected chi connectivity index (χ0v) is 14.8. The van der Waals surface area contributed by atoms with Gasteiger partial charge in [-0.05, 0) is 12.8 Å². The summed E-state index contributed by atoms with van der Waals surface area (Å²) in [5.41, 5.74) is -0.327. The predicted molar refractivity (Wildman–Crippen MR) is 94.7 cm³/mol. The Hall–Kier alpha value is -1.93. The van der Waals surface area contributed by atoms with Gasteiger partial charge in [0.05, 0.1) is 13.2 Å². The lowest BCUT2D eigenvalue weighted by Gasteiger charge is -2.48. The fourth-order valence-corrected chi connectivity index (χ4v) is 3.83. The van der Waals surface area contributed by atoms with Crippen LogP contribution in [-0.2, 0) is 11.8 Å². The molecule has 1 aliphatic heterocycles. The molecule has 0 spiro atoms. The zero-order chi connectivity index (χ0) is 17.7. The highest BCUT2D eigenvalue weighted by molar-refractivity contribution is 5.88. The third-order valence-electron chi connectivity index (χ3n) is 5.29. The number of rotatable bonds is 4. The van der Waals surface area contributed by atoms with E-state index in [1.807, 2.05) is 0 Å². The molecule has 2 amide bonds. The number of urea groups is 1. The molecule has 0 unspecified atom stereocenters. The molecule has 1 aliphatic carbocycles. The van der Waals surface area contributed by atoms with Gasteiger partial charge in [0.25, 0.3) is 5.56 Å². The van der Waals surface area contributed by atoms with Crippen LogP contribution in [0.25, 0.3) is 0 Å². The molecule has 8 heteroatoms. The second-order valence-electron chi connectivity index (χ2n) is 6.88. The highest BCUT2D eigenvalue weighted by Crippen LogP contribution is 2.33. The van der Waals surface area contributed by atoms with Crippen molar-refractivity contribution in [3.05, 3.63) is 22.7 Å². The van der Waals surface area contributed by atoms with E-state index < -0.39 is 0 Å². The molecule has 2 N–H and O–H groups in total. The van der Waals surface area contributed by atoms with Crippen molar-refractivity contribution < 1.29 is 9.53 Å². The molecule has 0 aromatic carbocycles. The molecule has 1 aromatic heterocycles. The summed E-state index contributed by atoms with van der Waals surface area (Å²) < 4.78 is 6.87. The lowest BCUT2D eigenvalue weighted by molar-refractivity contribution is -0.0356. The molecule has 25 heavy (non-hydrogen) atoms. The molecule has 8 nitrogen and oxygen atoms in total. The van der Waals surface area contributed by atoms with Crippen LogP contribution >= 0.6 is 0 Å². The lowest BCUT2D eigenvalue weighted by atomic mass is 9.80. The summed E-state index contributed by atoms with van der Waals surface area (Å²) in [6.07, 6.45) is 8.83. The van der Waals surface area contributed by atoms with Crippen molar-refractivity contribution >= 4 is 11.8 Å². The summed E-state index contributed by atoms with van der Waals surface area (Å²) in [5.74, 6) is 0.0477. The van der Waals surface area contributed by atoms with Gasteiger partial charge in [0.1, 0.15) is 0 Å². The van der Waals surface area contributed by atoms with Gasteiger partial charge in [0.15, 0.2) is 0 Å². The smallest absolute Gasteiger partial charge is 0.320 e. The van der Waals surface area contributed by atoms with Crippen molar-refractivity contribution in [2.75, 3.05) is 38.2 Å². The summed E-state index contributed by atoms with van der Waals surface area (Å²) >= 11 is 0. The van der Waals surface area contributed by atoms with Gasteiger partial charge in [-0.25, -0.2) is 9.78 Å². The van der Waals surface area contributed by atoms with Crippen molar-refractivity contribution in [1.29, 1.82) is 0 Å². The van der Waals surface area contributed by atoms with Gasteiger partial charge in [-0.15, -0.1) is 0 Å². The predicted octanol–water partition coefficient (Wildman–Crippen LogP) is 0.937. The maximum Gasteiger partial charge on any atom is 0.320 e. The molecule has 1 saturated carbocycles. The van der Waals surface area contributed by atoms with Crippen LogP contribution in [0.3, 0.4) is 0 Å². The molecule has 3 rings (SSSR count). The van der Waals surface area contributed by atoms with Gasteiger partial charge in [-0.3, -0.25) is 15.0 Å². The van der Waals surface area contributed by atoms with Gasteiger partial charge in [0, 0.05) is 44.6 Å². The SMILES string of the molecule is Cn1ccnc(NC(=O)NCC2(N3CCOCC3)CCCCC2)c1=O. The number of nitrogens with one attached hydrogen (secondary N) is 2. The van der Waals surface area contributed by atoms with Gasteiger partial charge in [-0.1, -0.05) is 19.3 Å². The van der Waals surface area contributed by atoms with Gasteiger partial charge in [-0.2, -0.15) is 0 Å². The number of ether oxygens (including phenoxy) is 1. The maximum atomic E-state index is 12.3. The Bertz CT molecular complexity index is 648. The monoisotopic (exact) mass is 349 g/mol. The highest BCUT2D eigenvalue weighted by Gasteiger charge is 2.38. The van der Waals surface area contributed by atoms with E-state index in [1.165, 1.54) is 30.0 Å². The summed E-state index contributed by atoms with van der Waals surface area (Å²) in [4.78, 5) is 30.7. The minimum atomic E-state index is -0.381. The van der Waals surface area contributed by atoms with Crippen LogP contribution in [0, 0.1) is 0 Å². The summed E-state index contributed by atoms with van der Waals surface area (Å²) in [7, 11) is 1.63. The zero-order valence-electron chi connectivity index (χ0n) is 14.8. The molecule has 0 bridgehead atoms. The van der Waals surface area contributed by atoms with Crippen LogP contribution < -0.4 is 16.2 Å². The minimum absolute atomic E-state index is 0.00551. The van der Waals surface area contributed by atoms with Gasteiger partial charge in [0.2, 0.25) is 5.82 Å². The third-order valence-corrected chi connectivity index (χ3v) is 5.29. The molecule has 0 atom stereocenters. The molecule has 0 radical (unpaired) electrons. The fraction of sp³-hybridized carbons (Fsp3) is 0.706. The van der Waals surface area contributed by atoms with E-state index in [9.17, 15) is 9.59 Å². The highest BCUT2D eigenvalue weighted by atomic mass is 16.5. The normalized spacial score (nSPS) is 20.8. The second-order valence-corrected chi connectivity index (χ2v) is 6.88. The molecule has 2 fully saturated rings. The quantitative estimate of drug-likeness (QED) is 0.844. The molecule has 2 aliphatic rings. The minimum Gasteiger partial charge on any atom is -0.379 e. The first-order chi connectivity index (χ1) is 12.1. The van der Waals surface area contributed by atoms with Crippen LogP contribution in [0.4, 0.5) is 10.6 Å². The topological polar surface area (TPSA) is 88.5 Å². The molecule has 138 valence electrons. The Morgan fingerprint density at radius 3 is 2.72 bits per heavy atom. The molecule has 1 aromatic rings. The lowest BCUT2D eigenvalue weighted by Crippen LogP contribution is -2.60. The molecular formula is C17H27N5O3. The number of morpholine rings is 1. The van der Waals surface area contributed by atoms with E-state index in [4.69, 9.17) is 4.74 Å². The van der Waals surface area contributed by atoms with Crippen molar-refractivity contribution in [1.82, 2.24) is 19.8 Å². The number of carbonyl (C=O) groups excluding carboxylic acids is 1. The van der Waals surface area contributed by atoms with E-state index in [2.05, 4.69) is 20.5 Å². The van der Waals surface area contributed by atoms with Crippen LogP contribution in [-0.4, -0.2) is 58.9 Å². The largest absolute Gasteiger partial charge is 0.379 e. The number of anilines is 1. The van der Waals surface area contributed by atoms with Crippen molar-refractivity contribution in [2.45, 2.75) is 37.6 Å². The number of hydrogen-bond donors (Lipinski definition) is 2. The van der Waals surface area contributed by atoms with Crippen LogP contribution in [0.1, 0.15) is 32.1 Å². The van der Waals surface area contributed by atoms with E-state index in [0.29, 0.717) is 6.54 Å². The van der Waals surface area contributed by atoms with Crippen LogP contribution in [0.15, 0.2) is 17.2 Å². The van der Waals surface area contributed by atoms with Crippen LogP contribution in [0.2, 0.25) is 0 Å². The number of aromatic nitrogens is 2. The summed E-state index contributed by atoms with van der Waals surface area (Å²) in [6, 6.07) is -0.381. The van der Waals surface area contributed by atoms with E-state index in [0.717, 1.165) is 39.1 Å². The van der Waals surface area contributed by atoms with E-state index >= 15 is 0 Å². The fourth-order valence-electron chi connectivity index (χ4n) is 3.83. The summed E-state index contributed by atoms with van der Waals surface area (Å²) in [6.45, 7) is 3.88. The maximum absolute atomic E-state index is 12.3. The Morgan fingerprint density at radius 2 is 2.00 bits per heavy atom. The number of hydrogen-bond acceptors (Lipinski definition) is 5. The third kappa shape index (κ3) is 4.19. The average Bonchev–Trinajstić information content (AvgIpc) is 2.65. The van der Waals surface area contributed by atoms with Gasteiger partial charge < -0.3 is 14.6 Å².